The van der Waals surface area contributed by atoms with E-state index in [2.05, 4.69) is 65.7 Å². The standard InChI is InChI=1S/C25H18N4/c1-15-6-3-4-7-17(15)19-13-20-18-8-5-10-27-24(18)29-23-14-26-11-9-22(23)28-25(29)21(20)12-16(19)2/h3-14H,1-2H3. The molecule has 0 saturated heterocycles. The van der Waals surface area contributed by atoms with E-state index >= 15 is 0 Å². The van der Waals surface area contributed by atoms with Gasteiger partial charge in [0, 0.05) is 23.2 Å². The summed E-state index contributed by atoms with van der Waals surface area (Å²) in [7, 11) is 0. The Bertz CT molecular complexity index is 1580. The first-order valence-electron chi connectivity index (χ1n) is 9.71. The van der Waals surface area contributed by atoms with Crippen molar-refractivity contribution in [3.8, 4) is 11.1 Å². The molecule has 0 aliphatic carbocycles. The molecular formula is C25H18N4. The van der Waals surface area contributed by atoms with Crippen molar-refractivity contribution < 1.29 is 0 Å². The molecule has 0 bridgehead atoms. The van der Waals surface area contributed by atoms with Gasteiger partial charge in [0.2, 0.25) is 0 Å². The van der Waals surface area contributed by atoms with Gasteiger partial charge >= 0.3 is 0 Å². The van der Waals surface area contributed by atoms with E-state index in [0.29, 0.717) is 0 Å². The van der Waals surface area contributed by atoms with Crippen LogP contribution < -0.4 is 0 Å². The van der Waals surface area contributed by atoms with E-state index in [1.54, 1.807) is 6.20 Å². The summed E-state index contributed by atoms with van der Waals surface area (Å²) < 4.78 is 2.13. The Hall–Kier alpha value is -3.79. The minimum absolute atomic E-state index is 0.907. The number of imidazole rings is 1. The maximum absolute atomic E-state index is 4.94. The van der Waals surface area contributed by atoms with Gasteiger partial charge in [0.1, 0.15) is 11.3 Å². The third-order valence-corrected chi connectivity index (χ3v) is 5.79. The van der Waals surface area contributed by atoms with E-state index in [-0.39, 0.29) is 0 Å². The highest BCUT2D eigenvalue weighted by Gasteiger charge is 2.16. The average Bonchev–Trinajstić information content (AvgIpc) is 3.14. The maximum Gasteiger partial charge on any atom is 0.147 e. The molecule has 0 saturated carbocycles. The van der Waals surface area contributed by atoms with Crippen molar-refractivity contribution >= 4 is 38.5 Å². The van der Waals surface area contributed by atoms with Crippen LogP contribution in [-0.2, 0) is 0 Å². The molecule has 0 spiro atoms. The fourth-order valence-corrected chi connectivity index (χ4v) is 4.39. The van der Waals surface area contributed by atoms with E-state index < -0.39 is 0 Å². The lowest BCUT2D eigenvalue weighted by molar-refractivity contribution is 1.22. The molecule has 6 aromatic rings. The smallest absolute Gasteiger partial charge is 0.147 e. The Labute approximate surface area is 167 Å². The molecule has 0 unspecified atom stereocenters. The monoisotopic (exact) mass is 374 g/mol. The summed E-state index contributed by atoms with van der Waals surface area (Å²) in [6, 6.07) is 19.2. The lowest BCUT2D eigenvalue weighted by Crippen LogP contribution is -1.96. The van der Waals surface area contributed by atoms with Crippen LogP contribution in [0.1, 0.15) is 11.1 Å². The summed E-state index contributed by atoms with van der Waals surface area (Å²) in [4.78, 5) is 14.0. The molecule has 4 nitrogen and oxygen atoms in total. The van der Waals surface area contributed by atoms with Crippen LogP contribution in [0.3, 0.4) is 0 Å². The van der Waals surface area contributed by atoms with Crippen molar-refractivity contribution in [2.75, 3.05) is 0 Å². The largest absolute Gasteiger partial charge is 0.274 e. The highest BCUT2D eigenvalue weighted by Crippen LogP contribution is 2.36. The third kappa shape index (κ3) is 2.23. The van der Waals surface area contributed by atoms with Gasteiger partial charge in [0.15, 0.2) is 0 Å². The van der Waals surface area contributed by atoms with Crippen LogP contribution in [0.2, 0.25) is 0 Å². The zero-order chi connectivity index (χ0) is 19.5. The Morgan fingerprint density at radius 2 is 1.62 bits per heavy atom. The van der Waals surface area contributed by atoms with Crippen molar-refractivity contribution in [2.45, 2.75) is 13.8 Å². The highest BCUT2D eigenvalue weighted by molar-refractivity contribution is 6.14. The van der Waals surface area contributed by atoms with E-state index in [9.17, 15) is 0 Å². The summed E-state index contributed by atoms with van der Waals surface area (Å²) in [5.74, 6) is 0. The topological polar surface area (TPSA) is 43.1 Å². The molecule has 0 N–H and O–H groups in total. The van der Waals surface area contributed by atoms with Gasteiger partial charge in [-0.25, -0.2) is 9.97 Å². The molecule has 0 aliphatic rings. The van der Waals surface area contributed by atoms with E-state index in [1.807, 2.05) is 24.5 Å². The molecule has 0 fully saturated rings. The predicted molar refractivity (Wildman–Crippen MR) is 118 cm³/mol. The molecule has 0 radical (unpaired) electrons. The first kappa shape index (κ1) is 16.2. The third-order valence-electron chi connectivity index (χ3n) is 5.79. The van der Waals surface area contributed by atoms with E-state index in [4.69, 9.17) is 9.97 Å². The first-order chi connectivity index (χ1) is 14.2. The molecule has 4 heterocycles. The molecule has 0 atom stereocenters. The number of aromatic nitrogens is 4. The Balaban J connectivity index is 1.85. The summed E-state index contributed by atoms with van der Waals surface area (Å²) >= 11 is 0. The summed E-state index contributed by atoms with van der Waals surface area (Å²) in [5, 5.41) is 3.43. The molecule has 6 rings (SSSR count). The number of pyridine rings is 3. The first-order valence-corrected chi connectivity index (χ1v) is 9.71. The second-order valence-corrected chi connectivity index (χ2v) is 7.54. The van der Waals surface area contributed by atoms with Crippen LogP contribution in [0.4, 0.5) is 0 Å². The molecule has 29 heavy (non-hydrogen) atoms. The van der Waals surface area contributed by atoms with Crippen LogP contribution in [0.25, 0.3) is 49.6 Å². The summed E-state index contributed by atoms with van der Waals surface area (Å²) in [6.45, 7) is 4.34. The predicted octanol–water partition coefficient (Wildman–Crippen LogP) is 5.87. The number of hydrogen-bond donors (Lipinski definition) is 0. The zero-order valence-corrected chi connectivity index (χ0v) is 16.2. The Kier molecular flexibility index (Phi) is 3.27. The number of fused-ring (bicyclic) bond motifs is 8. The molecule has 138 valence electrons. The number of aryl methyl sites for hydroxylation is 2. The number of nitrogens with zero attached hydrogens (tertiary/aromatic N) is 4. The number of rotatable bonds is 1. The molecule has 4 aromatic heterocycles. The van der Waals surface area contributed by atoms with Crippen LogP contribution in [0.15, 0.2) is 73.2 Å². The minimum Gasteiger partial charge on any atom is -0.274 e. The van der Waals surface area contributed by atoms with Crippen LogP contribution in [0, 0.1) is 13.8 Å². The quantitative estimate of drug-likeness (QED) is 0.338. The molecular weight excluding hydrogens is 356 g/mol. The lowest BCUT2D eigenvalue weighted by Gasteiger charge is -2.14. The molecule has 0 aliphatic heterocycles. The second-order valence-electron chi connectivity index (χ2n) is 7.54. The second kappa shape index (κ2) is 5.85. The van der Waals surface area contributed by atoms with Crippen molar-refractivity contribution in [3.05, 3.63) is 84.3 Å². The van der Waals surface area contributed by atoms with Gasteiger partial charge in [-0.15, -0.1) is 0 Å². The number of benzene rings is 2. The van der Waals surface area contributed by atoms with Gasteiger partial charge in [-0.1, -0.05) is 24.3 Å². The highest BCUT2D eigenvalue weighted by atomic mass is 15.1. The lowest BCUT2D eigenvalue weighted by atomic mass is 9.93. The van der Waals surface area contributed by atoms with Crippen molar-refractivity contribution in [1.29, 1.82) is 0 Å². The van der Waals surface area contributed by atoms with E-state index in [1.165, 1.54) is 27.6 Å². The van der Waals surface area contributed by atoms with Crippen molar-refractivity contribution in [1.82, 2.24) is 19.4 Å². The van der Waals surface area contributed by atoms with Crippen LogP contribution in [-0.4, -0.2) is 19.4 Å². The zero-order valence-electron chi connectivity index (χ0n) is 16.2. The number of hydrogen-bond acceptors (Lipinski definition) is 3. The van der Waals surface area contributed by atoms with Gasteiger partial charge in [0.05, 0.1) is 17.2 Å². The van der Waals surface area contributed by atoms with Gasteiger partial charge in [0.25, 0.3) is 0 Å². The Morgan fingerprint density at radius 1 is 0.724 bits per heavy atom. The Morgan fingerprint density at radius 3 is 2.52 bits per heavy atom. The maximum atomic E-state index is 4.94. The van der Waals surface area contributed by atoms with Crippen molar-refractivity contribution in [3.63, 3.8) is 0 Å². The summed E-state index contributed by atoms with van der Waals surface area (Å²) in [5.41, 5.74) is 8.77. The fourth-order valence-electron chi connectivity index (χ4n) is 4.39. The molecule has 0 amide bonds. The van der Waals surface area contributed by atoms with Gasteiger partial charge in [-0.2, -0.15) is 0 Å². The van der Waals surface area contributed by atoms with Crippen LogP contribution in [0.5, 0.6) is 0 Å². The fraction of sp³-hybridized carbons (Fsp3) is 0.0800. The van der Waals surface area contributed by atoms with Crippen LogP contribution >= 0.6 is 0 Å². The average molecular weight is 374 g/mol. The van der Waals surface area contributed by atoms with E-state index in [0.717, 1.165) is 33.1 Å². The van der Waals surface area contributed by atoms with Gasteiger partial charge < -0.3 is 0 Å². The SMILES string of the molecule is Cc1ccccc1-c1cc2c3cccnc3n3c4cnccc4nc3c2cc1C. The summed E-state index contributed by atoms with van der Waals surface area (Å²) in [6.07, 6.45) is 5.49. The normalized spacial score (nSPS) is 11.8. The molecule has 4 heteroatoms. The van der Waals surface area contributed by atoms with Gasteiger partial charge in [-0.3, -0.25) is 9.38 Å². The molecule has 2 aromatic carbocycles. The van der Waals surface area contributed by atoms with Gasteiger partial charge in [-0.05, 0) is 71.8 Å². The minimum atomic E-state index is 0.907. The van der Waals surface area contributed by atoms with Crippen molar-refractivity contribution in [2.24, 2.45) is 0 Å².